The number of carbonyl (C=O) groups is 1. The van der Waals surface area contributed by atoms with Gasteiger partial charge in [0.05, 0.1) is 22.2 Å². The number of hydrogen-bond donors (Lipinski definition) is 0. The van der Waals surface area contributed by atoms with Crippen LogP contribution in [0, 0.1) is 5.92 Å². The molecule has 0 N–H and O–H groups in total. The first kappa shape index (κ1) is 16.7. The van der Waals surface area contributed by atoms with E-state index in [1.54, 1.807) is 30.4 Å². The Bertz CT molecular complexity index is 982. The summed E-state index contributed by atoms with van der Waals surface area (Å²) in [5.74, 6) is -0.367. The fraction of sp³-hybridized carbons (Fsp3) is 0.0526. The van der Waals surface area contributed by atoms with Gasteiger partial charge >= 0.3 is 0 Å². The second-order valence-corrected chi connectivity index (χ2v) is 6.21. The average molecular weight is 350 g/mol. The third-order valence-corrected chi connectivity index (χ3v) is 4.31. The maximum atomic E-state index is 11.6. The fourth-order valence-electron chi connectivity index (χ4n) is 2.35. The summed E-state index contributed by atoms with van der Waals surface area (Å²) in [5, 5.41) is 0. The largest absolute Gasteiger partial charge is 0.290 e. The van der Waals surface area contributed by atoms with Crippen LogP contribution < -0.4 is 0 Å². The van der Waals surface area contributed by atoms with Crippen LogP contribution in [-0.4, -0.2) is 30.6 Å². The van der Waals surface area contributed by atoms with Gasteiger partial charge in [-0.15, -0.1) is 0 Å². The van der Waals surface area contributed by atoms with Crippen molar-refractivity contribution in [3.8, 4) is 0 Å². The van der Waals surface area contributed by atoms with Crippen LogP contribution in [0.3, 0.4) is 0 Å². The zero-order valence-corrected chi connectivity index (χ0v) is 13.9. The number of carbonyl (C=O) groups excluding carboxylic acids is 1. The number of benzene rings is 1. The van der Waals surface area contributed by atoms with Crippen molar-refractivity contribution in [3.63, 3.8) is 0 Å². The fourth-order valence-corrected chi connectivity index (χ4v) is 2.93. The molecule has 0 spiro atoms. The van der Waals surface area contributed by atoms with Gasteiger partial charge in [-0.3, -0.25) is 4.79 Å². The predicted octanol–water partition coefficient (Wildman–Crippen LogP) is 2.65. The first-order valence-electron chi connectivity index (χ1n) is 7.57. The summed E-state index contributed by atoms with van der Waals surface area (Å²) in [6.07, 6.45) is 12.7. The van der Waals surface area contributed by atoms with Gasteiger partial charge in [0, 0.05) is 0 Å². The Labute approximate surface area is 146 Å². The zero-order valence-electron chi connectivity index (χ0n) is 13.1. The van der Waals surface area contributed by atoms with Gasteiger partial charge in [-0.1, -0.05) is 36.4 Å². The van der Waals surface area contributed by atoms with Crippen molar-refractivity contribution in [1.82, 2.24) is 0 Å². The quantitative estimate of drug-likeness (QED) is 0.356. The van der Waals surface area contributed by atoms with Crippen LogP contribution in [-0.2, 0) is 15.1 Å². The summed E-state index contributed by atoms with van der Waals surface area (Å²) >= 11 is 0. The molecule has 0 aliphatic heterocycles. The molecule has 0 saturated carbocycles. The molecular weight excluding hydrogens is 336 g/mol. The minimum Gasteiger partial charge on any atom is -0.290 e. The Morgan fingerprint density at radius 1 is 0.920 bits per heavy atom. The SMILES string of the molecule is O=C1C=CC(=NC(=Nc2ccccc2)C2C=CC=CC2=S(=O)=O)C=C1. The van der Waals surface area contributed by atoms with E-state index in [1.807, 2.05) is 30.3 Å². The Balaban J connectivity index is 2.10. The van der Waals surface area contributed by atoms with E-state index in [-0.39, 0.29) is 10.6 Å². The molecule has 0 heterocycles. The number of ketones is 1. The van der Waals surface area contributed by atoms with E-state index < -0.39 is 16.2 Å². The van der Waals surface area contributed by atoms with Crippen LogP contribution in [0.15, 0.2) is 88.9 Å². The standard InChI is InChI=1S/C19H14N2O3S/c22-16-12-10-15(11-13-16)21-19(20-14-6-2-1-3-7-14)17-8-4-5-9-18(17)25(23)24/h1-13,17H. The first-order chi connectivity index (χ1) is 12.1. The first-order valence-corrected chi connectivity index (χ1v) is 8.64. The number of amidine groups is 1. The van der Waals surface area contributed by atoms with Gasteiger partial charge in [0.25, 0.3) is 0 Å². The maximum Gasteiger partial charge on any atom is 0.218 e. The average Bonchev–Trinajstić information content (AvgIpc) is 2.64. The number of para-hydroxylation sites is 1. The summed E-state index contributed by atoms with van der Waals surface area (Å²) in [6.45, 7) is 0. The lowest BCUT2D eigenvalue weighted by molar-refractivity contribution is -0.110. The van der Waals surface area contributed by atoms with E-state index in [9.17, 15) is 13.2 Å². The molecule has 1 aromatic rings. The molecule has 0 aromatic heterocycles. The third-order valence-electron chi connectivity index (χ3n) is 3.53. The molecule has 3 rings (SSSR count). The van der Waals surface area contributed by atoms with Gasteiger partial charge in [0.2, 0.25) is 10.3 Å². The molecule has 0 radical (unpaired) electrons. The number of rotatable bonds is 2. The maximum absolute atomic E-state index is 11.6. The number of allylic oxidation sites excluding steroid dienone is 7. The topological polar surface area (TPSA) is 75.9 Å². The van der Waals surface area contributed by atoms with E-state index in [2.05, 4.69) is 9.98 Å². The predicted molar refractivity (Wildman–Crippen MR) is 100.0 cm³/mol. The summed E-state index contributed by atoms with van der Waals surface area (Å²) in [6, 6.07) is 9.18. The highest BCUT2D eigenvalue weighted by atomic mass is 32.2. The van der Waals surface area contributed by atoms with Gasteiger partial charge in [-0.25, -0.2) is 9.98 Å². The summed E-state index contributed by atoms with van der Waals surface area (Å²) < 4.78 is 23.1. The van der Waals surface area contributed by atoms with Gasteiger partial charge in [-0.05, 0) is 42.5 Å². The van der Waals surface area contributed by atoms with Crippen molar-refractivity contribution >= 4 is 38.2 Å². The lowest BCUT2D eigenvalue weighted by atomic mass is 9.99. The summed E-state index contributed by atoms with van der Waals surface area (Å²) in [4.78, 5) is 20.5. The third kappa shape index (κ3) is 4.24. The van der Waals surface area contributed by atoms with Gasteiger partial charge < -0.3 is 0 Å². The highest BCUT2D eigenvalue weighted by Crippen LogP contribution is 2.18. The minimum absolute atomic E-state index is 0.117. The Hall–Kier alpha value is -3.12. The van der Waals surface area contributed by atoms with Crippen LogP contribution >= 0.6 is 0 Å². The molecule has 0 fully saturated rings. The van der Waals surface area contributed by atoms with Gasteiger partial charge in [0.15, 0.2) is 5.78 Å². The molecule has 2 aliphatic rings. The Morgan fingerprint density at radius 3 is 2.32 bits per heavy atom. The van der Waals surface area contributed by atoms with Crippen LogP contribution in [0.1, 0.15) is 0 Å². The van der Waals surface area contributed by atoms with E-state index in [0.29, 0.717) is 17.2 Å². The molecule has 5 nitrogen and oxygen atoms in total. The monoisotopic (exact) mass is 350 g/mol. The Kier molecular flexibility index (Phi) is 5.11. The second kappa shape index (κ2) is 7.63. The summed E-state index contributed by atoms with van der Waals surface area (Å²) in [7, 11) is -2.38. The smallest absolute Gasteiger partial charge is 0.218 e. The molecule has 1 unspecified atom stereocenters. The van der Waals surface area contributed by atoms with E-state index in [4.69, 9.17) is 0 Å². The molecule has 0 saturated heterocycles. The molecule has 0 amide bonds. The highest BCUT2D eigenvalue weighted by molar-refractivity contribution is 7.73. The van der Waals surface area contributed by atoms with Crippen LogP contribution in [0.4, 0.5) is 5.69 Å². The molecule has 0 bridgehead atoms. The normalized spacial score (nSPS) is 19.4. The van der Waals surface area contributed by atoms with Crippen molar-refractivity contribution in [3.05, 3.63) is 78.9 Å². The Morgan fingerprint density at radius 2 is 1.64 bits per heavy atom. The van der Waals surface area contributed by atoms with Crippen LogP contribution in [0.5, 0.6) is 0 Å². The van der Waals surface area contributed by atoms with E-state index in [1.165, 1.54) is 18.2 Å². The van der Waals surface area contributed by atoms with Crippen molar-refractivity contribution in [2.45, 2.75) is 0 Å². The molecule has 6 heteroatoms. The van der Waals surface area contributed by atoms with E-state index >= 15 is 0 Å². The highest BCUT2D eigenvalue weighted by Gasteiger charge is 2.21. The second-order valence-electron chi connectivity index (χ2n) is 5.27. The number of hydrogen-bond acceptors (Lipinski definition) is 4. The van der Waals surface area contributed by atoms with Crippen LogP contribution in [0.25, 0.3) is 0 Å². The van der Waals surface area contributed by atoms with Gasteiger partial charge in [-0.2, -0.15) is 8.42 Å². The zero-order chi connectivity index (χ0) is 17.6. The molecular formula is C19H14N2O3S. The molecule has 2 aliphatic carbocycles. The van der Waals surface area contributed by atoms with Crippen molar-refractivity contribution in [2.24, 2.45) is 15.9 Å². The number of aliphatic imine (C=N–C) groups is 2. The molecule has 124 valence electrons. The molecule has 1 aromatic carbocycles. The van der Waals surface area contributed by atoms with E-state index in [0.717, 1.165) is 0 Å². The molecule has 25 heavy (non-hydrogen) atoms. The van der Waals surface area contributed by atoms with Crippen molar-refractivity contribution in [2.75, 3.05) is 0 Å². The summed E-state index contributed by atoms with van der Waals surface area (Å²) in [5.41, 5.74) is 1.20. The van der Waals surface area contributed by atoms with Crippen molar-refractivity contribution in [1.29, 1.82) is 0 Å². The van der Waals surface area contributed by atoms with Crippen molar-refractivity contribution < 1.29 is 13.2 Å². The lowest BCUT2D eigenvalue weighted by Gasteiger charge is -2.14. The number of nitrogens with zero attached hydrogens (tertiary/aromatic N) is 2. The lowest BCUT2D eigenvalue weighted by Crippen LogP contribution is -2.22. The van der Waals surface area contributed by atoms with Crippen LogP contribution in [0.2, 0.25) is 0 Å². The van der Waals surface area contributed by atoms with Gasteiger partial charge in [0.1, 0.15) is 5.84 Å². The molecule has 1 atom stereocenters. The minimum atomic E-state index is -2.38.